The van der Waals surface area contributed by atoms with Gasteiger partial charge in [-0.1, -0.05) is 26.1 Å². The average molecular weight is 280 g/mol. The van der Waals surface area contributed by atoms with Crippen molar-refractivity contribution in [1.29, 1.82) is 0 Å². The van der Waals surface area contributed by atoms with Crippen molar-refractivity contribution in [2.75, 3.05) is 7.11 Å². The standard InChI is InChI=1S/C15H24N2OS/c1-10(2)11-4-6-12(7-5-11)15-16-13(9-18-3)8-14(19)17-15/h8,10-12H,4-7,9H2,1-3H3,(H,16,17,19). The van der Waals surface area contributed by atoms with Crippen LogP contribution < -0.4 is 0 Å². The van der Waals surface area contributed by atoms with Crippen molar-refractivity contribution in [3.05, 3.63) is 22.2 Å². The predicted molar refractivity (Wildman–Crippen MR) is 79.7 cm³/mol. The molecule has 3 nitrogen and oxygen atoms in total. The molecule has 1 fully saturated rings. The minimum Gasteiger partial charge on any atom is -0.378 e. The first kappa shape index (κ1) is 14.7. The van der Waals surface area contributed by atoms with Crippen LogP contribution in [0.15, 0.2) is 6.07 Å². The molecule has 1 aromatic rings. The van der Waals surface area contributed by atoms with Crippen LogP contribution in [0, 0.1) is 16.5 Å². The van der Waals surface area contributed by atoms with Gasteiger partial charge in [0.15, 0.2) is 0 Å². The minimum atomic E-state index is 0.536. The second-order valence-electron chi connectivity index (χ2n) is 5.92. The van der Waals surface area contributed by atoms with Crippen LogP contribution in [0.2, 0.25) is 0 Å². The van der Waals surface area contributed by atoms with Gasteiger partial charge in [0, 0.05) is 18.7 Å². The maximum atomic E-state index is 5.25. The van der Waals surface area contributed by atoms with E-state index in [9.17, 15) is 0 Å². The van der Waals surface area contributed by atoms with Crippen LogP contribution in [0.3, 0.4) is 0 Å². The van der Waals surface area contributed by atoms with Crippen molar-refractivity contribution in [2.24, 2.45) is 11.8 Å². The van der Waals surface area contributed by atoms with E-state index >= 15 is 0 Å². The lowest BCUT2D eigenvalue weighted by atomic mass is 9.77. The second-order valence-corrected chi connectivity index (χ2v) is 6.34. The van der Waals surface area contributed by atoms with Crippen LogP contribution in [-0.2, 0) is 11.3 Å². The van der Waals surface area contributed by atoms with E-state index in [0.717, 1.165) is 23.4 Å². The summed E-state index contributed by atoms with van der Waals surface area (Å²) in [6, 6.07) is 1.89. The highest BCUT2D eigenvalue weighted by Gasteiger charge is 2.25. The van der Waals surface area contributed by atoms with Crippen molar-refractivity contribution in [2.45, 2.75) is 52.1 Å². The fourth-order valence-corrected chi connectivity index (χ4v) is 3.26. The van der Waals surface area contributed by atoms with Gasteiger partial charge in [0.1, 0.15) is 10.5 Å². The number of ether oxygens (including phenoxy) is 1. The molecule has 0 aromatic carbocycles. The van der Waals surface area contributed by atoms with E-state index in [4.69, 9.17) is 17.0 Å². The summed E-state index contributed by atoms with van der Waals surface area (Å²) in [5, 5.41) is 0. The number of rotatable bonds is 4. The molecule has 106 valence electrons. The lowest BCUT2D eigenvalue weighted by Gasteiger charge is -2.30. The van der Waals surface area contributed by atoms with Crippen LogP contribution in [0.25, 0.3) is 0 Å². The summed E-state index contributed by atoms with van der Waals surface area (Å²) in [4.78, 5) is 7.91. The Morgan fingerprint density at radius 3 is 2.63 bits per heavy atom. The molecule has 1 saturated carbocycles. The molecule has 1 aliphatic rings. The van der Waals surface area contributed by atoms with Crippen molar-refractivity contribution in [1.82, 2.24) is 9.97 Å². The Kier molecular flexibility index (Phi) is 5.11. The molecule has 0 bridgehead atoms. The highest BCUT2D eigenvalue weighted by Crippen LogP contribution is 2.37. The maximum absolute atomic E-state index is 5.25. The van der Waals surface area contributed by atoms with Crippen LogP contribution in [0.5, 0.6) is 0 Å². The molecule has 1 N–H and O–H groups in total. The molecule has 0 atom stereocenters. The zero-order chi connectivity index (χ0) is 13.8. The fraction of sp³-hybridized carbons (Fsp3) is 0.733. The summed E-state index contributed by atoms with van der Waals surface area (Å²) < 4.78 is 5.84. The summed E-state index contributed by atoms with van der Waals surface area (Å²) in [5.74, 6) is 3.27. The Labute approximate surface area is 120 Å². The van der Waals surface area contributed by atoms with Gasteiger partial charge in [0.25, 0.3) is 0 Å². The first-order chi connectivity index (χ1) is 9.10. The maximum Gasteiger partial charge on any atom is 0.130 e. The van der Waals surface area contributed by atoms with Crippen LogP contribution in [0.1, 0.15) is 57.0 Å². The van der Waals surface area contributed by atoms with Gasteiger partial charge in [0.2, 0.25) is 0 Å². The first-order valence-corrected chi connectivity index (χ1v) is 7.60. The molecule has 0 aliphatic heterocycles. The van der Waals surface area contributed by atoms with Gasteiger partial charge >= 0.3 is 0 Å². The molecule has 0 unspecified atom stereocenters. The number of aromatic nitrogens is 2. The molecule has 1 aliphatic carbocycles. The van der Waals surface area contributed by atoms with E-state index in [1.54, 1.807) is 7.11 Å². The molecule has 1 aromatic heterocycles. The van der Waals surface area contributed by atoms with Crippen molar-refractivity contribution in [3.63, 3.8) is 0 Å². The number of nitrogens with zero attached hydrogens (tertiary/aromatic N) is 1. The number of methoxy groups -OCH3 is 1. The predicted octanol–water partition coefficient (Wildman–Crippen LogP) is 4.22. The topological polar surface area (TPSA) is 37.9 Å². The van der Waals surface area contributed by atoms with Gasteiger partial charge < -0.3 is 9.72 Å². The lowest BCUT2D eigenvalue weighted by Crippen LogP contribution is -2.19. The number of hydrogen-bond donors (Lipinski definition) is 1. The Balaban J connectivity index is 2.08. The largest absolute Gasteiger partial charge is 0.378 e. The summed E-state index contributed by atoms with van der Waals surface area (Å²) in [6.07, 6.45) is 5.05. The third kappa shape index (κ3) is 3.86. The monoisotopic (exact) mass is 280 g/mol. The molecule has 0 amide bonds. The SMILES string of the molecule is COCc1cc(=S)nc(C2CCC(C(C)C)CC2)[nH]1. The Morgan fingerprint density at radius 1 is 1.37 bits per heavy atom. The summed E-state index contributed by atoms with van der Waals surface area (Å²) in [7, 11) is 1.70. The molecular weight excluding hydrogens is 256 g/mol. The summed E-state index contributed by atoms with van der Waals surface area (Å²) in [5.41, 5.74) is 1.03. The van der Waals surface area contributed by atoms with Crippen molar-refractivity contribution in [3.8, 4) is 0 Å². The third-order valence-corrected chi connectivity index (χ3v) is 4.43. The molecule has 19 heavy (non-hydrogen) atoms. The zero-order valence-corrected chi connectivity index (χ0v) is 12.9. The third-order valence-electron chi connectivity index (χ3n) is 4.22. The van der Waals surface area contributed by atoms with Gasteiger partial charge in [-0.2, -0.15) is 0 Å². The summed E-state index contributed by atoms with van der Waals surface area (Å²) in [6.45, 7) is 5.23. The quantitative estimate of drug-likeness (QED) is 0.839. The second kappa shape index (κ2) is 6.62. The molecular formula is C15H24N2OS. The van der Waals surface area contributed by atoms with Crippen LogP contribution >= 0.6 is 12.2 Å². The van der Waals surface area contributed by atoms with Crippen molar-refractivity contribution < 1.29 is 4.74 Å². The Hall–Kier alpha value is -0.740. The van der Waals surface area contributed by atoms with E-state index in [-0.39, 0.29) is 0 Å². The van der Waals surface area contributed by atoms with Gasteiger partial charge in [-0.3, -0.25) is 0 Å². The number of H-pyrrole nitrogens is 1. The van der Waals surface area contributed by atoms with Gasteiger partial charge in [-0.15, -0.1) is 0 Å². The Morgan fingerprint density at radius 2 is 2.05 bits per heavy atom. The van der Waals surface area contributed by atoms with Gasteiger partial charge in [0.05, 0.1) is 6.61 Å². The van der Waals surface area contributed by atoms with Gasteiger partial charge in [-0.25, -0.2) is 4.98 Å². The van der Waals surface area contributed by atoms with Crippen LogP contribution in [-0.4, -0.2) is 17.1 Å². The normalized spacial score (nSPS) is 23.8. The molecule has 0 spiro atoms. The minimum absolute atomic E-state index is 0.536. The highest BCUT2D eigenvalue weighted by atomic mass is 32.1. The zero-order valence-electron chi connectivity index (χ0n) is 12.1. The van der Waals surface area contributed by atoms with E-state index in [1.165, 1.54) is 25.7 Å². The first-order valence-electron chi connectivity index (χ1n) is 7.19. The van der Waals surface area contributed by atoms with Crippen LogP contribution in [0.4, 0.5) is 0 Å². The average Bonchev–Trinajstić information content (AvgIpc) is 2.38. The highest BCUT2D eigenvalue weighted by molar-refractivity contribution is 7.71. The van der Waals surface area contributed by atoms with Gasteiger partial charge in [-0.05, 0) is 43.6 Å². The van der Waals surface area contributed by atoms with Crippen molar-refractivity contribution >= 4 is 12.2 Å². The Bertz CT molecular complexity index is 461. The number of nitrogens with one attached hydrogen (secondary N) is 1. The molecule has 1 heterocycles. The van der Waals surface area contributed by atoms with E-state index in [2.05, 4.69) is 23.8 Å². The lowest BCUT2D eigenvalue weighted by molar-refractivity contribution is 0.180. The van der Waals surface area contributed by atoms with E-state index in [1.807, 2.05) is 6.07 Å². The fourth-order valence-electron chi connectivity index (χ4n) is 3.01. The van der Waals surface area contributed by atoms with E-state index in [0.29, 0.717) is 17.2 Å². The number of aromatic amines is 1. The van der Waals surface area contributed by atoms with E-state index < -0.39 is 0 Å². The number of hydrogen-bond acceptors (Lipinski definition) is 3. The molecule has 0 radical (unpaired) electrons. The molecule has 4 heteroatoms. The summed E-state index contributed by atoms with van der Waals surface area (Å²) >= 11 is 5.25. The molecule has 2 rings (SSSR count). The smallest absolute Gasteiger partial charge is 0.130 e. The molecule has 0 saturated heterocycles.